The third-order valence-electron chi connectivity index (χ3n) is 3.21. The predicted octanol–water partition coefficient (Wildman–Crippen LogP) is 4.45. The second-order valence-corrected chi connectivity index (χ2v) is 7.05. The lowest BCUT2D eigenvalue weighted by molar-refractivity contribution is 0.414. The minimum Gasteiger partial charge on any atom is -0.497 e. The number of thioether (sulfide) groups is 1. The molecule has 0 amide bonds. The van der Waals surface area contributed by atoms with Crippen molar-refractivity contribution in [3.8, 4) is 5.75 Å². The summed E-state index contributed by atoms with van der Waals surface area (Å²) in [6, 6.07) is 18.4. The zero-order valence-corrected chi connectivity index (χ0v) is 14.4. The van der Waals surface area contributed by atoms with Crippen LogP contribution in [-0.2, 0) is 12.3 Å². The van der Waals surface area contributed by atoms with Gasteiger partial charge in [0.1, 0.15) is 5.75 Å². The highest BCUT2D eigenvalue weighted by molar-refractivity contribution is 8.00. The average molecular weight is 343 g/mol. The van der Waals surface area contributed by atoms with Crippen LogP contribution in [0.25, 0.3) is 0 Å². The third kappa shape index (κ3) is 4.71. The highest BCUT2D eigenvalue weighted by Crippen LogP contribution is 2.29. The molecule has 0 fully saturated rings. The second-order valence-electron chi connectivity index (χ2n) is 4.85. The van der Waals surface area contributed by atoms with Crippen molar-refractivity contribution in [1.82, 2.24) is 10.2 Å². The van der Waals surface area contributed by atoms with E-state index in [1.54, 1.807) is 30.2 Å². The van der Waals surface area contributed by atoms with Gasteiger partial charge in [-0.2, -0.15) is 0 Å². The quantitative estimate of drug-likeness (QED) is 0.642. The van der Waals surface area contributed by atoms with E-state index in [4.69, 9.17) is 4.74 Å². The number of hydrogen-bond donors (Lipinski definition) is 1. The van der Waals surface area contributed by atoms with Crippen LogP contribution in [0.4, 0.5) is 5.13 Å². The van der Waals surface area contributed by atoms with Gasteiger partial charge in [0.2, 0.25) is 5.13 Å². The fraction of sp³-hybridized carbons (Fsp3) is 0.176. The lowest BCUT2D eigenvalue weighted by atomic mass is 10.2. The van der Waals surface area contributed by atoms with Gasteiger partial charge < -0.3 is 10.1 Å². The van der Waals surface area contributed by atoms with Crippen LogP contribution in [0.2, 0.25) is 0 Å². The maximum Gasteiger partial charge on any atom is 0.206 e. The van der Waals surface area contributed by atoms with E-state index in [-0.39, 0.29) is 0 Å². The monoisotopic (exact) mass is 343 g/mol. The van der Waals surface area contributed by atoms with Crippen molar-refractivity contribution < 1.29 is 4.74 Å². The van der Waals surface area contributed by atoms with Crippen molar-refractivity contribution >= 4 is 28.2 Å². The lowest BCUT2D eigenvalue weighted by Gasteiger charge is -2.02. The van der Waals surface area contributed by atoms with E-state index in [1.165, 1.54) is 11.1 Å². The normalized spacial score (nSPS) is 10.5. The van der Waals surface area contributed by atoms with Crippen LogP contribution < -0.4 is 10.1 Å². The van der Waals surface area contributed by atoms with Crippen molar-refractivity contribution in [2.75, 3.05) is 12.4 Å². The molecule has 3 aromatic rings. The van der Waals surface area contributed by atoms with Gasteiger partial charge in [0.25, 0.3) is 0 Å². The Morgan fingerprint density at radius 2 is 1.78 bits per heavy atom. The number of methoxy groups -OCH3 is 1. The average Bonchev–Trinajstić information content (AvgIpc) is 3.07. The van der Waals surface area contributed by atoms with Gasteiger partial charge in [-0.05, 0) is 23.3 Å². The van der Waals surface area contributed by atoms with Crippen LogP contribution in [-0.4, -0.2) is 17.3 Å². The molecule has 1 heterocycles. The van der Waals surface area contributed by atoms with Crippen molar-refractivity contribution in [2.24, 2.45) is 0 Å². The van der Waals surface area contributed by atoms with Crippen molar-refractivity contribution in [2.45, 2.75) is 16.6 Å². The molecular formula is C17H17N3OS2. The fourth-order valence-corrected chi connectivity index (χ4v) is 3.68. The Balaban J connectivity index is 1.50. The molecule has 118 valence electrons. The van der Waals surface area contributed by atoms with Crippen molar-refractivity contribution in [3.05, 3.63) is 65.7 Å². The van der Waals surface area contributed by atoms with Gasteiger partial charge in [-0.15, -0.1) is 10.2 Å². The molecule has 0 spiro atoms. The molecule has 4 nitrogen and oxygen atoms in total. The number of nitrogens with one attached hydrogen (secondary N) is 1. The Kier molecular flexibility index (Phi) is 5.50. The SMILES string of the molecule is COc1ccc(CSc2nnc(NCc3ccccc3)s2)cc1. The Labute approximate surface area is 143 Å². The number of ether oxygens (including phenoxy) is 1. The van der Waals surface area contributed by atoms with E-state index in [1.807, 2.05) is 30.3 Å². The maximum absolute atomic E-state index is 5.16. The first-order valence-electron chi connectivity index (χ1n) is 7.20. The molecule has 1 aromatic heterocycles. The molecule has 0 unspecified atom stereocenters. The highest BCUT2D eigenvalue weighted by Gasteiger charge is 2.05. The molecule has 0 bridgehead atoms. The zero-order chi connectivity index (χ0) is 15.9. The molecule has 1 N–H and O–H groups in total. The van der Waals surface area contributed by atoms with Crippen LogP contribution >= 0.6 is 23.1 Å². The van der Waals surface area contributed by atoms with E-state index < -0.39 is 0 Å². The summed E-state index contributed by atoms with van der Waals surface area (Å²) in [6.07, 6.45) is 0. The topological polar surface area (TPSA) is 47.0 Å². The van der Waals surface area contributed by atoms with E-state index in [2.05, 4.69) is 39.8 Å². The Hall–Kier alpha value is -2.05. The summed E-state index contributed by atoms with van der Waals surface area (Å²) < 4.78 is 6.13. The molecule has 0 saturated carbocycles. The van der Waals surface area contributed by atoms with Gasteiger partial charge in [-0.1, -0.05) is 65.6 Å². The summed E-state index contributed by atoms with van der Waals surface area (Å²) in [5, 5.41) is 12.6. The number of nitrogens with zero attached hydrogens (tertiary/aromatic N) is 2. The summed E-state index contributed by atoms with van der Waals surface area (Å²) in [5.41, 5.74) is 2.47. The minimum atomic E-state index is 0.763. The van der Waals surface area contributed by atoms with Crippen LogP contribution in [0, 0.1) is 0 Å². The maximum atomic E-state index is 5.16. The van der Waals surface area contributed by atoms with Crippen LogP contribution in [0.1, 0.15) is 11.1 Å². The Morgan fingerprint density at radius 1 is 1.00 bits per heavy atom. The van der Waals surface area contributed by atoms with E-state index in [9.17, 15) is 0 Å². The molecule has 0 atom stereocenters. The standard InChI is InChI=1S/C17H17N3OS2/c1-21-15-9-7-14(8-10-15)12-22-17-20-19-16(23-17)18-11-13-5-3-2-4-6-13/h2-10H,11-12H2,1H3,(H,18,19). The summed E-state index contributed by atoms with van der Waals surface area (Å²) in [4.78, 5) is 0. The first kappa shape index (κ1) is 15.8. The first-order chi connectivity index (χ1) is 11.3. The second kappa shape index (κ2) is 7.99. The number of hydrogen-bond acceptors (Lipinski definition) is 6. The summed E-state index contributed by atoms with van der Waals surface area (Å²) in [5.74, 6) is 1.75. The molecule has 3 rings (SSSR count). The Bertz CT molecular complexity index is 729. The fourth-order valence-electron chi connectivity index (χ4n) is 1.98. The number of benzene rings is 2. The summed E-state index contributed by atoms with van der Waals surface area (Å²) >= 11 is 3.28. The van der Waals surface area contributed by atoms with Crippen molar-refractivity contribution in [1.29, 1.82) is 0 Å². The minimum absolute atomic E-state index is 0.763. The van der Waals surface area contributed by atoms with Crippen LogP contribution in [0.5, 0.6) is 5.75 Å². The van der Waals surface area contributed by atoms with Gasteiger partial charge in [0, 0.05) is 12.3 Å². The molecule has 0 aliphatic heterocycles. The van der Waals surface area contributed by atoms with Crippen LogP contribution in [0.3, 0.4) is 0 Å². The van der Waals surface area contributed by atoms with E-state index in [0.717, 1.165) is 27.5 Å². The number of rotatable bonds is 7. The number of anilines is 1. The highest BCUT2D eigenvalue weighted by atomic mass is 32.2. The molecule has 0 aliphatic rings. The lowest BCUT2D eigenvalue weighted by Crippen LogP contribution is -1.98. The van der Waals surface area contributed by atoms with Crippen molar-refractivity contribution in [3.63, 3.8) is 0 Å². The third-order valence-corrected chi connectivity index (χ3v) is 5.30. The molecule has 2 aromatic carbocycles. The zero-order valence-electron chi connectivity index (χ0n) is 12.7. The largest absolute Gasteiger partial charge is 0.497 e. The van der Waals surface area contributed by atoms with Crippen LogP contribution in [0.15, 0.2) is 58.9 Å². The van der Waals surface area contributed by atoms with E-state index >= 15 is 0 Å². The molecule has 0 aliphatic carbocycles. The number of aromatic nitrogens is 2. The van der Waals surface area contributed by atoms with E-state index in [0.29, 0.717) is 0 Å². The summed E-state index contributed by atoms with van der Waals surface area (Å²) in [6.45, 7) is 0.763. The summed E-state index contributed by atoms with van der Waals surface area (Å²) in [7, 11) is 1.68. The van der Waals surface area contributed by atoms with Gasteiger partial charge in [-0.25, -0.2) is 0 Å². The first-order valence-corrected chi connectivity index (χ1v) is 9.01. The molecular weight excluding hydrogens is 326 g/mol. The Morgan fingerprint density at radius 3 is 2.52 bits per heavy atom. The molecule has 0 radical (unpaired) electrons. The van der Waals surface area contributed by atoms with Gasteiger partial charge in [0.05, 0.1) is 7.11 Å². The molecule has 0 saturated heterocycles. The van der Waals surface area contributed by atoms with Gasteiger partial charge in [0.15, 0.2) is 4.34 Å². The molecule has 23 heavy (non-hydrogen) atoms. The van der Waals surface area contributed by atoms with Gasteiger partial charge >= 0.3 is 0 Å². The van der Waals surface area contributed by atoms with Gasteiger partial charge in [-0.3, -0.25) is 0 Å². The molecule has 6 heteroatoms. The predicted molar refractivity (Wildman–Crippen MR) is 96.2 cm³/mol. The smallest absolute Gasteiger partial charge is 0.206 e.